The van der Waals surface area contributed by atoms with Gasteiger partial charge in [-0.2, -0.15) is 0 Å². The molecule has 66 valence electrons. The van der Waals surface area contributed by atoms with Gasteiger partial charge in [-0.25, -0.2) is 0 Å². The Labute approximate surface area is 66.9 Å². The minimum atomic E-state index is 0.00224. The first-order valence-corrected chi connectivity index (χ1v) is 3.58. The molecule has 0 spiro atoms. The fourth-order valence-electron chi connectivity index (χ4n) is 0.534. The van der Waals surface area contributed by atoms with Crippen molar-refractivity contribution in [3.63, 3.8) is 0 Å². The van der Waals surface area contributed by atoms with Crippen LogP contribution in [0.15, 0.2) is 0 Å². The summed E-state index contributed by atoms with van der Waals surface area (Å²) in [6, 6.07) is 0. The summed E-state index contributed by atoms with van der Waals surface area (Å²) >= 11 is 0. The van der Waals surface area contributed by atoms with Crippen molar-refractivity contribution in [3.8, 4) is 0 Å². The SMILES string of the molecule is CNC(=O)CCOCCOC. The van der Waals surface area contributed by atoms with Gasteiger partial charge in [0.05, 0.1) is 19.8 Å². The second kappa shape index (κ2) is 7.50. The van der Waals surface area contributed by atoms with Crippen LogP contribution in [0.2, 0.25) is 0 Å². The lowest BCUT2D eigenvalue weighted by Crippen LogP contribution is -2.19. The molecule has 0 aromatic rings. The highest BCUT2D eigenvalue weighted by atomic mass is 16.5. The Hall–Kier alpha value is -0.610. The van der Waals surface area contributed by atoms with E-state index in [9.17, 15) is 4.79 Å². The highest BCUT2D eigenvalue weighted by molar-refractivity contribution is 5.75. The van der Waals surface area contributed by atoms with E-state index >= 15 is 0 Å². The molecule has 1 amide bonds. The quantitative estimate of drug-likeness (QED) is 0.548. The second-order valence-corrected chi connectivity index (χ2v) is 2.03. The van der Waals surface area contributed by atoms with Gasteiger partial charge in [0.25, 0.3) is 0 Å². The van der Waals surface area contributed by atoms with E-state index in [0.717, 1.165) is 0 Å². The van der Waals surface area contributed by atoms with Crippen LogP contribution >= 0.6 is 0 Å². The van der Waals surface area contributed by atoms with Crippen LogP contribution in [0.5, 0.6) is 0 Å². The van der Waals surface area contributed by atoms with Crippen LogP contribution in [0.4, 0.5) is 0 Å². The number of nitrogens with one attached hydrogen (secondary N) is 1. The summed E-state index contributed by atoms with van der Waals surface area (Å²) in [7, 11) is 3.22. The van der Waals surface area contributed by atoms with Gasteiger partial charge in [0.2, 0.25) is 5.91 Å². The minimum absolute atomic E-state index is 0.00224. The van der Waals surface area contributed by atoms with Crippen LogP contribution < -0.4 is 5.32 Å². The Kier molecular flexibility index (Phi) is 7.08. The summed E-state index contributed by atoms with van der Waals surface area (Å²) < 4.78 is 9.81. The standard InChI is InChI=1S/C7H15NO3/c1-8-7(9)3-4-11-6-5-10-2/h3-6H2,1-2H3,(H,8,9). The number of methoxy groups -OCH3 is 1. The number of carbonyl (C=O) groups excluding carboxylic acids is 1. The van der Waals surface area contributed by atoms with Gasteiger partial charge in [-0.05, 0) is 0 Å². The maximum Gasteiger partial charge on any atom is 0.222 e. The summed E-state index contributed by atoms with van der Waals surface area (Å²) in [6.07, 6.45) is 0.417. The number of ether oxygens (including phenoxy) is 2. The Bertz CT molecular complexity index is 106. The fraction of sp³-hybridized carbons (Fsp3) is 0.857. The van der Waals surface area contributed by atoms with Gasteiger partial charge in [0.1, 0.15) is 0 Å². The van der Waals surface area contributed by atoms with Gasteiger partial charge in [-0.15, -0.1) is 0 Å². The van der Waals surface area contributed by atoms with Gasteiger partial charge < -0.3 is 14.8 Å². The molecular weight excluding hydrogens is 146 g/mol. The zero-order valence-corrected chi connectivity index (χ0v) is 7.05. The van der Waals surface area contributed by atoms with E-state index in [-0.39, 0.29) is 5.91 Å². The van der Waals surface area contributed by atoms with Gasteiger partial charge in [-0.3, -0.25) is 4.79 Å². The molecule has 0 saturated heterocycles. The molecule has 0 saturated carbocycles. The van der Waals surface area contributed by atoms with Crippen molar-refractivity contribution < 1.29 is 14.3 Å². The minimum Gasteiger partial charge on any atom is -0.382 e. The van der Waals surface area contributed by atoms with Gasteiger partial charge in [0, 0.05) is 20.6 Å². The molecule has 0 aromatic carbocycles. The predicted molar refractivity (Wildman–Crippen MR) is 41.4 cm³/mol. The highest BCUT2D eigenvalue weighted by Gasteiger charge is 1.95. The molecule has 4 heteroatoms. The Morgan fingerprint density at radius 3 is 2.64 bits per heavy atom. The molecule has 0 aliphatic heterocycles. The van der Waals surface area contributed by atoms with E-state index in [4.69, 9.17) is 9.47 Å². The molecule has 0 fully saturated rings. The largest absolute Gasteiger partial charge is 0.382 e. The van der Waals surface area contributed by atoms with Crippen LogP contribution in [-0.2, 0) is 14.3 Å². The Morgan fingerprint density at radius 2 is 2.09 bits per heavy atom. The van der Waals surface area contributed by atoms with Crippen molar-refractivity contribution in [2.45, 2.75) is 6.42 Å². The van der Waals surface area contributed by atoms with Gasteiger partial charge >= 0.3 is 0 Å². The normalized spacial score (nSPS) is 9.64. The van der Waals surface area contributed by atoms with Crippen LogP contribution in [0.25, 0.3) is 0 Å². The molecule has 0 rings (SSSR count). The third-order valence-electron chi connectivity index (χ3n) is 1.18. The number of carbonyl (C=O) groups is 1. The lowest BCUT2D eigenvalue weighted by atomic mass is 10.4. The smallest absolute Gasteiger partial charge is 0.222 e. The molecule has 4 nitrogen and oxygen atoms in total. The Balaban J connectivity index is 2.95. The van der Waals surface area contributed by atoms with Crippen molar-refractivity contribution >= 4 is 5.91 Å². The topological polar surface area (TPSA) is 47.6 Å². The molecule has 0 radical (unpaired) electrons. The van der Waals surface area contributed by atoms with E-state index in [0.29, 0.717) is 26.2 Å². The number of hydrogen-bond donors (Lipinski definition) is 1. The molecule has 0 aliphatic rings. The average molecular weight is 161 g/mol. The third-order valence-corrected chi connectivity index (χ3v) is 1.18. The van der Waals surface area contributed by atoms with Crippen molar-refractivity contribution in [3.05, 3.63) is 0 Å². The van der Waals surface area contributed by atoms with E-state index in [2.05, 4.69) is 5.32 Å². The van der Waals surface area contributed by atoms with E-state index in [1.165, 1.54) is 0 Å². The number of rotatable bonds is 6. The van der Waals surface area contributed by atoms with Crippen molar-refractivity contribution in [1.82, 2.24) is 5.32 Å². The number of hydrogen-bond acceptors (Lipinski definition) is 3. The molecule has 0 bridgehead atoms. The molecule has 0 aliphatic carbocycles. The average Bonchev–Trinajstić information content (AvgIpc) is 2.04. The Morgan fingerprint density at radius 1 is 1.36 bits per heavy atom. The summed E-state index contributed by atoms with van der Waals surface area (Å²) in [6.45, 7) is 1.59. The summed E-state index contributed by atoms with van der Waals surface area (Å²) in [5.41, 5.74) is 0. The molecule has 0 heterocycles. The molecule has 0 aromatic heterocycles. The molecule has 11 heavy (non-hydrogen) atoms. The first-order valence-electron chi connectivity index (χ1n) is 3.58. The fourth-order valence-corrected chi connectivity index (χ4v) is 0.534. The third kappa shape index (κ3) is 7.29. The van der Waals surface area contributed by atoms with Crippen LogP contribution in [0, 0.1) is 0 Å². The maximum atomic E-state index is 10.6. The summed E-state index contributed by atoms with van der Waals surface area (Å²) in [5, 5.41) is 2.51. The molecule has 0 atom stereocenters. The zero-order chi connectivity index (χ0) is 8.53. The maximum absolute atomic E-state index is 10.6. The lowest BCUT2D eigenvalue weighted by Gasteiger charge is -2.01. The highest BCUT2D eigenvalue weighted by Crippen LogP contribution is 1.82. The monoisotopic (exact) mass is 161 g/mol. The van der Waals surface area contributed by atoms with Crippen molar-refractivity contribution in [1.29, 1.82) is 0 Å². The second-order valence-electron chi connectivity index (χ2n) is 2.03. The van der Waals surface area contributed by atoms with Gasteiger partial charge in [0.15, 0.2) is 0 Å². The lowest BCUT2D eigenvalue weighted by molar-refractivity contribution is -0.121. The van der Waals surface area contributed by atoms with Crippen molar-refractivity contribution in [2.75, 3.05) is 34.0 Å². The van der Waals surface area contributed by atoms with Crippen LogP contribution in [-0.4, -0.2) is 39.9 Å². The zero-order valence-electron chi connectivity index (χ0n) is 7.05. The first kappa shape index (κ1) is 10.4. The van der Waals surface area contributed by atoms with E-state index in [1.807, 2.05) is 0 Å². The van der Waals surface area contributed by atoms with Gasteiger partial charge in [-0.1, -0.05) is 0 Å². The summed E-state index contributed by atoms with van der Waals surface area (Å²) in [5.74, 6) is 0.00224. The van der Waals surface area contributed by atoms with E-state index < -0.39 is 0 Å². The summed E-state index contributed by atoms with van der Waals surface area (Å²) in [4.78, 5) is 10.6. The number of amides is 1. The molecular formula is C7H15NO3. The first-order chi connectivity index (χ1) is 5.31. The molecule has 1 N–H and O–H groups in total. The van der Waals surface area contributed by atoms with Crippen LogP contribution in [0.1, 0.15) is 6.42 Å². The van der Waals surface area contributed by atoms with E-state index in [1.54, 1.807) is 14.2 Å². The predicted octanol–water partition coefficient (Wildman–Crippen LogP) is -0.215. The van der Waals surface area contributed by atoms with Crippen molar-refractivity contribution in [2.24, 2.45) is 0 Å². The molecule has 0 unspecified atom stereocenters. The van der Waals surface area contributed by atoms with Crippen LogP contribution in [0.3, 0.4) is 0 Å².